The van der Waals surface area contributed by atoms with Gasteiger partial charge in [-0.15, -0.1) is 11.3 Å². The molecule has 0 bridgehead atoms. The zero-order valence-electron chi connectivity index (χ0n) is 16.3. The molecule has 0 unspecified atom stereocenters. The number of hydrogen-bond donors (Lipinski definition) is 0. The molecule has 2 aromatic heterocycles. The molecule has 4 nitrogen and oxygen atoms in total. The summed E-state index contributed by atoms with van der Waals surface area (Å²) in [6, 6.07) is 10.6. The van der Waals surface area contributed by atoms with Crippen LogP contribution in [0.25, 0.3) is 11.3 Å². The molecule has 156 valence electrons. The molecule has 1 saturated heterocycles. The number of carbonyl (C=O) groups excluding carboxylic acids is 1. The number of carbonyl (C=O) groups is 1. The minimum absolute atomic E-state index is 0.0197. The number of nitrogens with zero attached hydrogens (tertiary/aromatic N) is 3. The van der Waals surface area contributed by atoms with Crippen molar-refractivity contribution in [3.63, 3.8) is 0 Å². The summed E-state index contributed by atoms with van der Waals surface area (Å²) in [6.45, 7) is 3.04. The van der Waals surface area contributed by atoms with E-state index >= 15 is 0 Å². The van der Waals surface area contributed by atoms with Gasteiger partial charge in [-0.1, -0.05) is 18.2 Å². The first-order valence-corrected chi connectivity index (χ1v) is 10.5. The van der Waals surface area contributed by atoms with Crippen molar-refractivity contribution in [1.29, 1.82) is 0 Å². The van der Waals surface area contributed by atoms with Gasteiger partial charge < -0.3 is 4.90 Å². The summed E-state index contributed by atoms with van der Waals surface area (Å²) < 4.78 is 39.2. The van der Waals surface area contributed by atoms with Crippen LogP contribution in [0.3, 0.4) is 0 Å². The fourth-order valence-corrected chi connectivity index (χ4v) is 4.52. The largest absolute Gasteiger partial charge is 0.416 e. The average Bonchev–Trinajstić information content (AvgIpc) is 3.19. The lowest BCUT2D eigenvalue weighted by molar-refractivity contribution is -0.137. The van der Waals surface area contributed by atoms with Gasteiger partial charge in [-0.05, 0) is 44.0 Å². The first kappa shape index (κ1) is 20.5. The van der Waals surface area contributed by atoms with Crippen LogP contribution in [0.1, 0.15) is 45.4 Å². The van der Waals surface area contributed by atoms with E-state index in [0.717, 1.165) is 36.4 Å². The molecule has 1 aliphatic rings. The van der Waals surface area contributed by atoms with Gasteiger partial charge in [0.1, 0.15) is 4.88 Å². The fraction of sp³-hybridized carbons (Fsp3) is 0.318. The summed E-state index contributed by atoms with van der Waals surface area (Å²) in [7, 11) is 0. The molecule has 0 aliphatic carbocycles. The Hall–Kier alpha value is -2.74. The van der Waals surface area contributed by atoms with E-state index in [0.29, 0.717) is 29.2 Å². The monoisotopic (exact) mass is 431 g/mol. The molecular formula is C22H20F3N3OS. The lowest BCUT2D eigenvalue weighted by atomic mass is 9.93. The van der Waals surface area contributed by atoms with E-state index in [1.54, 1.807) is 17.6 Å². The summed E-state index contributed by atoms with van der Waals surface area (Å²) in [6.07, 6.45) is -2.67. The van der Waals surface area contributed by atoms with E-state index in [1.165, 1.54) is 17.4 Å². The molecule has 0 saturated carbocycles. The van der Waals surface area contributed by atoms with Crippen LogP contribution >= 0.6 is 11.3 Å². The lowest BCUT2D eigenvalue weighted by Crippen LogP contribution is -2.39. The number of aryl methyl sites for hydroxylation is 1. The van der Waals surface area contributed by atoms with Crippen LogP contribution in [0.15, 0.2) is 48.0 Å². The average molecular weight is 431 g/mol. The Morgan fingerprint density at radius 3 is 2.73 bits per heavy atom. The first-order chi connectivity index (χ1) is 14.3. The van der Waals surface area contributed by atoms with E-state index in [4.69, 9.17) is 0 Å². The topological polar surface area (TPSA) is 46.1 Å². The molecule has 1 atom stereocenters. The molecule has 3 aromatic rings. The van der Waals surface area contributed by atoms with Gasteiger partial charge in [0, 0.05) is 30.3 Å². The molecule has 0 spiro atoms. The molecule has 8 heteroatoms. The third-order valence-electron chi connectivity index (χ3n) is 5.32. The number of likely N-dealkylation sites (tertiary alicyclic amines) is 1. The zero-order chi connectivity index (χ0) is 21.3. The highest BCUT2D eigenvalue weighted by molar-refractivity contribution is 7.11. The quantitative estimate of drug-likeness (QED) is 0.546. The SMILES string of the molecule is Cc1ncsc1C(=O)N1CCC[C@@H](c2cccc(-c3cccc(C(F)(F)F)c3)n2)C1. The number of aromatic nitrogens is 2. The molecule has 0 N–H and O–H groups in total. The third kappa shape index (κ3) is 4.23. The van der Waals surface area contributed by atoms with Crippen molar-refractivity contribution in [3.05, 3.63) is 69.8 Å². The number of benzene rings is 1. The first-order valence-electron chi connectivity index (χ1n) is 9.67. The number of amides is 1. The molecule has 1 amide bonds. The Balaban J connectivity index is 1.57. The van der Waals surface area contributed by atoms with Crippen molar-refractivity contribution in [3.8, 4) is 11.3 Å². The number of alkyl halides is 3. The minimum atomic E-state index is -4.40. The predicted octanol–water partition coefficient (Wildman–Crippen LogP) is 5.55. The molecule has 1 fully saturated rings. The van der Waals surface area contributed by atoms with Crippen LogP contribution in [0.4, 0.5) is 13.2 Å². The van der Waals surface area contributed by atoms with Gasteiger partial charge in [-0.3, -0.25) is 9.78 Å². The van der Waals surface area contributed by atoms with Crippen molar-refractivity contribution in [2.75, 3.05) is 13.1 Å². The number of thiazole rings is 1. The standard InChI is InChI=1S/C22H20F3N3OS/c1-14-20(30-13-26-14)21(29)28-10-4-6-16(12-28)19-9-3-8-18(27-19)15-5-2-7-17(11-15)22(23,24)25/h2-3,5,7-9,11,13,16H,4,6,10,12H2,1H3/t16-/m1/s1. The van der Waals surface area contributed by atoms with Crippen LogP contribution in [-0.2, 0) is 6.18 Å². The number of piperidine rings is 1. The van der Waals surface area contributed by atoms with E-state index in [1.807, 2.05) is 24.0 Å². The maximum absolute atomic E-state index is 13.1. The van der Waals surface area contributed by atoms with Crippen LogP contribution in [0.5, 0.6) is 0 Å². The fourth-order valence-electron chi connectivity index (χ4n) is 3.75. The predicted molar refractivity (Wildman–Crippen MR) is 109 cm³/mol. The Morgan fingerprint density at radius 1 is 1.20 bits per heavy atom. The lowest BCUT2D eigenvalue weighted by Gasteiger charge is -2.32. The number of halogens is 3. The maximum atomic E-state index is 13.1. The second-order valence-corrected chi connectivity index (χ2v) is 8.24. The van der Waals surface area contributed by atoms with Gasteiger partial charge in [-0.2, -0.15) is 13.2 Å². The van der Waals surface area contributed by atoms with Crippen molar-refractivity contribution in [2.45, 2.75) is 31.9 Å². The number of pyridine rings is 1. The van der Waals surface area contributed by atoms with Crippen LogP contribution in [0.2, 0.25) is 0 Å². The summed E-state index contributed by atoms with van der Waals surface area (Å²) >= 11 is 1.34. The van der Waals surface area contributed by atoms with Gasteiger partial charge >= 0.3 is 6.18 Å². The van der Waals surface area contributed by atoms with Crippen molar-refractivity contribution in [1.82, 2.24) is 14.9 Å². The molecule has 0 radical (unpaired) electrons. The van der Waals surface area contributed by atoms with Crippen molar-refractivity contribution >= 4 is 17.2 Å². The molecule has 1 aromatic carbocycles. The van der Waals surface area contributed by atoms with Crippen LogP contribution < -0.4 is 0 Å². The van der Waals surface area contributed by atoms with E-state index in [-0.39, 0.29) is 11.8 Å². The zero-order valence-corrected chi connectivity index (χ0v) is 17.1. The van der Waals surface area contributed by atoms with Gasteiger partial charge in [0.15, 0.2) is 0 Å². The van der Waals surface area contributed by atoms with Gasteiger partial charge in [0.05, 0.1) is 22.5 Å². The van der Waals surface area contributed by atoms with Crippen molar-refractivity contribution < 1.29 is 18.0 Å². The van der Waals surface area contributed by atoms with Gasteiger partial charge in [0.2, 0.25) is 0 Å². The van der Waals surface area contributed by atoms with E-state index in [9.17, 15) is 18.0 Å². The smallest absolute Gasteiger partial charge is 0.337 e. The third-order valence-corrected chi connectivity index (χ3v) is 6.24. The van der Waals surface area contributed by atoms with Gasteiger partial charge in [0.25, 0.3) is 5.91 Å². The van der Waals surface area contributed by atoms with E-state index < -0.39 is 11.7 Å². The highest BCUT2D eigenvalue weighted by atomic mass is 32.1. The summed E-state index contributed by atoms with van der Waals surface area (Å²) in [5, 5.41) is 0. The molecule has 3 heterocycles. The minimum Gasteiger partial charge on any atom is -0.337 e. The second kappa shape index (κ2) is 8.18. The Morgan fingerprint density at radius 2 is 2.00 bits per heavy atom. The summed E-state index contributed by atoms with van der Waals surface area (Å²) in [4.78, 5) is 24.1. The molecule has 4 rings (SSSR count). The Bertz CT molecular complexity index is 1060. The normalized spacial score (nSPS) is 17.2. The van der Waals surface area contributed by atoms with Crippen LogP contribution in [0, 0.1) is 6.92 Å². The highest BCUT2D eigenvalue weighted by Gasteiger charge is 2.31. The molecule has 1 aliphatic heterocycles. The highest BCUT2D eigenvalue weighted by Crippen LogP contribution is 2.33. The summed E-state index contributed by atoms with van der Waals surface area (Å²) in [5.41, 5.74) is 3.43. The molecule has 30 heavy (non-hydrogen) atoms. The number of rotatable bonds is 3. The van der Waals surface area contributed by atoms with Gasteiger partial charge in [-0.25, -0.2) is 4.98 Å². The number of hydrogen-bond acceptors (Lipinski definition) is 4. The Kier molecular flexibility index (Phi) is 5.60. The van der Waals surface area contributed by atoms with Crippen molar-refractivity contribution in [2.24, 2.45) is 0 Å². The maximum Gasteiger partial charge on any atom is 0.416 e. The molecular weight excluding hydrogens is 411 g/mol. The van der Waals surface area contributed by atoms with E-state index in [2.05, 4.69) is 9.97 Å². The second-order valence-electron chi connectivity index (χ2n) is 7.38. The Labute approximate surface area is 176 Å². The van der Waals surface area contributed by atoms with Crippen LogP contribution in [-0.4, -0.2) is 33.9 Å². The summed E-state index contributed by atoms with van der Waals surface area (Å²) in [5.74, 6) is 0.0235.